The molecule has 4 heterocycles. The van der Waals surface area contributed by atoms with Crippen LogP contribution in [0, 0.1) is 5.92 Å². The summed E-state index contributed by atoms with van der Waals surface area (Å²) in [7, 11) is -3.51. The molecule has 1 amide bonds. The Morgan fingerprint density at radius 2 is 1.74 bits per heavy atom. The second-order valence-corrected chi connectivity index (χ2v) is 13.1. The molecule has 2 aromatic rings. The van der Waals surface area contributed by atoms with Crippen molar-refractivity contribution in [1.29, 1.82) is 0 Å². The third kappa shape index (κ3) is 9.38. The van der Waals surface area contributed by atoms with Crippen LogP contribution in [0.2, 0.25) is 0 Å². The van der Waals surface area contributed by atoms with Gasteiger partial charge in [-0.05, 0) is 56.2 Å². The van der Waals surface area contributed by atoms with Crippen molar-refractivity contribution >= 4 is 28.0 Å². The van der Waals surface area contributed by atoms with Crippen molar-refractivity contribution in [3.05, 3.63) is 47.9 Å². The van der Waals surface area contributed by atoms with Crippen LogP contribution in [-0.2, 0) is 14.8 Å². The Hall–Kier alpha value is -3.25. The number of piperazine rings is 1. The van der Waals surface area contributed by atoms with Gasteiger partial charge < -0.3 is 19.3 Å². The van der Waals surface area contributed by atoms with E-state index < -0.39 is 10.0 Å². The first kappa shape index (κ1) is 31.7. The second kappa shape index (κ2) is 14.8. The number of carbonyl (C=O) groups excluding carboxylic acids is 1. The number of likely N-dealkylation sites (tertiary alicyclic amines) is 1. The average Bonchev–Trinajstić information content (AvgIpc) is 3.76. The first-order valence-corrected chi connectivity index (χ1v) is 16.5. The van der Waals surface area contributed by atoms with E-state index in [4.69, 9.17) is 9.47 Å². The van der Waals surface area contributed by atoms with Crippen LogP contribution in [0.15, 0.2) is 42.3 Å². The SMILES string of the molecule is CC1(OC(=O)N2CCC(COc3cnc(N4CCN(S(=O)(=O)/C=C/c5cccnc5)CC4)cn3)CC2)CC1.CCCC. The van der Waals surface area contributed by atoms with Gasteiger partial charge in [0.1, 0.15) is 11.4 Å². The molecule has 1 saturated carbocycles. The minimum absolute atomic E-state index is 0.203. The minimum Gasteiger partial charge on any atom is -0.476 e. The van der Waals surface area contributed by atoms with Gasteiger partial charge in [0.15, 0.2) is 0 Å². The van der Waals surface area contributed by atoms with Gasteiger partial charge in [-0.2, -0.15) is 4.31 Å². The fourth-order valence-corrected chi connectivity index (χ4v) is 5.66. The van der Waals surface area contributed by atoms with E-state index in [2.05, 4.69) is 28.8 Å². The molecule has 230 valence electrons. The normalized spacial score (nSPS) is 19.2. The summed E-state index contributed by atoms with van der Waals surface area (Å²) >= 11 is 0. The van der Waals surface area contributed by atoms with Crippen molar-refractivity contribution in [2.75, 3.05) is 50.8 Å². The third-order valence-corrected chi connectivity index (χ3v) is 9.35. The Bertz CT molecular complexity index is 1250. The zero-order valence-electron chi connectivity index (χ0n) is 25.0. The number of hydrogen-bond donors (Lipinski definition) is 0. The molecule has 0 N–H and O–H groups in total. The molecule has 3 aliphatic rings. The predicted molar refractivity (Wildman–Crippen MR) is 163 cm³/mol. The molecule has 0 bridgehead atoms. The van der Waals surface area contributed by atoms with E-state index in [1.807, 2.05) is 11.8 Å². The van der Waals surface area contributed by atoms with E-state index in [1.54, 1.807) is 47.9 Å². The Balaban J connectivity index is 0.000000952. The van der Waals surface area contributed by atoms with E-state index in [0.717, 1.165) is 31.2 Å². The maximum absolute atomic E-state index is 12.7. The molecule has 0 spiro atoms. The summed E-state index contributed by atoms with van der Waals surface area (Å²) in [6, 6.07) is 3.57. The first-order chi connectivity index (χ1) is 20.2. The van der Waals surface area contributed by atoms with Crippen LogP contribution in [0.4, 0.5) is 10.6 Å². The highest BCUT2D eigenvalue weighted by molar-refractivity contribution is 7.92. The fourth-order valence-electron chi connectivity index (χ4n) is 4.48. The van der Waals surface area contributed by atoms with Crippen molar-refractivity contribution < 1.29 is 22.7 Å². The van der Waals surface area contributed by atoms with Gasteiger partial charge in [-0.3, -0.25) is 4.98 Å². The largest absolute Gasteiger partial charge is 0.476 e. The van der Waals surface area contributed by atoms with E-state index in [1.165, 1.54) is 22.6 Å². The molecule has 2 saturated heterocycles. The van der Waals surface area contributed by atoms with Crippen molar-refractivity contribution in [2.24, 2.45) is 5.92 Å². The lowest BCUT2D eigenvalue weighted by atomic mass is 9.98. The number of nitrogens with zero attached hydrogens (tertiary/aromatic N) is 6. The highest BCUT2D eigenvalue weighted by Crippen LogP contribution is 2.39. The Morgan fingerprint density at radius 3 is 2.31 bits per heavy atom. The standard InChI is InChI=1S/C26H34N6O5S.C4H10/c1-26(7-8-26)37-25(33)31-10-4-22(5-11-31)20-36-24-19-28-23(18-29-24)30-12-14-32(15-13-30)38(34,35)16-6-21-3-2-9-27-17-21;1-3-4-2/h2-3,6,9,16-19,22H,4-5,7-8,10-15,20H2,1H3;3-4H2,1-2H3/b16-6+;. The number of unbranched alkanes of at least 4 members (excludes halogenated alkanes) is 1. The quantitative estimate of drug-likeness (QED) is 0.408. The molecule has 2 aromatic heterocycles. The summed E-state index contributed by atoms with van der Waals surface area (Å²) < 4.78 is 38.3. The molecule has 5 rings (SSSR count). The second-order valence-electron chi connectivity index (χ2n) is 11.3. The number of anilines is 1. The van der Waals surface area contributed by atoms with Gasteiger partial charge in [-0.15, -0.1) is 0 Å². The van der Waals surface area contributed by atoms with Gasteiger partial charge in [0.2, 0.25) is 15.9 Å². The highest BCUT2D eigenvalue weighted by Gasteiger charge is 2.43. The highest BCUT2D eigenvalue weighted by atomic mass is 32.2. The average molecular weight is 601 g/mol. The summed E-state index contributed by atoms with van der Waals surface area (Å²) in [5.41, 5.74) is 0.492. The zero-order chi connectivity index (χ0) is 30.0. The molecule has 42 heavy (non-hydrogen) atoms. The van der Waals surface area contributed by atoms with Gasteiger partial charge in [0, 0.05) is 57.1 Å². The number of rotatable bonds is 9. The third-order valence-electron chi connectivity index (χ3n) is 7.78. The van der Waals surface area contributed by atoms with E-state index in [-0.39, 0.29) is 11.7 Å². The summed E-state index contributed by atoms with van der Waals surface area (Å²) in [5, 5.41) is 1.23. The maximum Gasteiger partial charge on any atom is 0.410 e. The minimum atomic E-state index is -3.51. The topological polar surface area (TPSA) is 118 Å². The lowest BCUT2D eigenvalue weighted by Crippen LogP contribution is -2.48. The predicted octanol–water partition coefficient (Wildman–Crippen LogP) is 4.58. The smallest absolute Gasteiger partial charge is 0.410 e. The molecule has 3 fully saturated rings. The van der Waals surface area contributed by atoms with Gasteiger partial charge >= 0.3 is 6.09 Å². The molecule has 11 nitrogen and oxygen atoms in total. The van der Waals surface area contributed by atoms with Crippen molar-refractivity contribution in [3.8, 4) is 5.88 Å². The lowest BCUT2D eigenvalue weighted by Gasteiger charge is -2.33. The molecule has 2 aliphatic heterocycles. The number of carbonyl (C=O) groups is 1. The first-order valence-electron chi connectivity index (χ1n) is 15.0. The van der Waals surface area contributed by atoms with E-state index in [9.17, 15) is 13.2 Å². The van der Waals surface area contributed by atoms with Crippen LogP contribution in [0.3, 0.4) is 0 Å². The van der Waals surface area contributed by atoms with Crippen molar-refractivity contribution in [3.63, 3.8) is 0 Å². The monoisotopic (exact) mass is 600 g/mol. The number of amides is 1. The lowest BCUT2D eigenvalue weighted by molar-refractivity contribution is 0.0454. The maximum atomic E-state index is 12.7. The van der Waals surface area contributed by atoms with Crippen molar-refractivity contribution in [2.45, 2.75) is 64.9 Å². The van der Waals surface area contributed by atoms with Crippen LogP contribution in [0.25, 0.3) is 6.08 Å². The van der Waals surface area contributed by atoms with E-state index in [0.29, 0.717) is 63.5 Å². The summed E-state index contributed by atoms with van der Waals surface area (Å²) in [5.74, 6) is 1.50. The van der Waals surface area contributed by atoms with Gasteiger partial charge in [-0.25, -0.2) is 23.2 Å². The van der Waals surface area contributed by atoms with E-state index >= 15 is 0 Å². The number of sulfonamides is 1. The number of ether oxygens (including phenoxy) is 2. The molecule has 1 aliphatic carbocycles. The summed E-state index contributed by atoms with van der Waals surface area (Å²) in [6.45, 7) is 9.99. The van der Waals surface area contributed by atoms with Crippen LogP contribution >= 0.6 is 0 Å². The molecule has 0 radical (unpaired) electrons. The van der Waals surface area contributed by atoms with Crippen LogP contribution < -0.4 is 9.64 Å². The Kier molecular flexibility index (Phi) is 11.1. The molecule has 12 heteroatoms. The fraction of sp³-hybridized carbons (Fsp3) is 0.600. The molecule has 0 unspecified atom stereocenters. The molecule has 0 atom stereocenters. The van der Waals surface area contributed by atoms with Gasteiger partial charge in [0.05, 0.1) is 19.0 Å². The zero-order valence-corrected chi connectivity index (χ0v) is 25.8. The molecular weight excluding hydrogens is 556 g/mol. The molecule has 0 aromatic carbocycles. The number of hydrogen-bond acceptors (Lipinski definition) is 9. The van der Waals surface area contributed by atoms with Crippen LogP contribution in [0.5, 0.6) is 5.88 Å². The van der Waals surface area contributed by atoms with Crippen molar-refractivity contribution in [1.82, 2.24) is 24.2 Å². The number of aromatic nitrogens is 3. The van der Waals surface area contributed by atoms with Gasteiger partial charge in [-0.1, -0.05) is 32.8 Å². The Labute approximate surface area is 250 Å². The number of pyridine rings is 1. The van der Waals surface area contributed by atoms with Crippen LogP contribution in [0.1, 0.15) is 64.9 Å². The number of piperidine rings is 1. The Morgan fingerprint density at radius 1 is 1.02 bits per heavy atom. The molecular formula is C30H44N6O5S. The summed E-state index contributed by atoms with van der Waals surface area (Å²) in [6.07, 6.45) is 14.2. The summed E-state index contributed by atoms with van der Waals surface area (Å²) in [4.78, 5) is 29.0. The van der Waals surface area contributed by atoms with Crippen LogP contribution in [-0.4, -0.2) is 90.1 Å². The van der Waals surface area contributed by atoms with Gasteiger partial charge in [0.25, 0.3) is 0 Å².